The zero-order chi connectivity index (χ0) is 28.7. The number of hydrogen-bond donors (Lipinski definition) is 4. The quantitative estimate of drug-likeness (QED) is 0.127. The van der Waals surface area contributed by atoms with Crippen molar-refractivity contribution in [3.8, 4) is 11.1 Å². The standard InChI is InChI=1S/C28H31FN4O6S/c29-22-9-6-20(7-10-22)21-8-12-24(28(34)35)26(16-21)30-14-15-32-40(38,39)23-11-13-25(27(17-23)33(36)37)31-18-19-4-2-1-3-5-19/h6-13,16-17,19,30-32H,1-5,14-15,18H2,(H,34,35). The Morgan fingerprint density at radius 1 is 0.925 bits per heavy atom. The van der Waals surface area contributed by atoms with E-state index >= 15 is 0 Å². The van der Waals surface area contributed by atoms with Crippen LogP contribution >= 0.6 is 0 Å². The highest BCUT2D eigenvalue weighted by Gasteiger charge is 2.22. The summed E-state index contributed by atoms with van der Waals surface area (Å²) >= 11 is 0. The first-order chi connectivity index (χ1) is 19.1. The van der Waals surface area contributed by atoms with Crippen LogP contribution in [-0.4, -0.2) is 44.1 Å². The van der Waals surface area contributed by atoms with Gasteiger partial charge in [0.2, 0.25) is 10.0 Å². The fourth-order valence-corrected chi connectivity index (χ4v) is 5.84. The molecule has 0 amide bonds. The lowest BCUT2D eigenvalue weighted by atomic mass is 9.89. The molecule has 0 radical (unpaired) electrons. The zero-order valence-electron chi connectivity index (χ0n) is 21.7. The predicted octanol–water partition coefficient (Wildman–Crippen LogP) is 5.48. The molecule has 0 unspecified atom stereocenters. The first-order valence-electron chi connectivity index (χ1n) is 13.0. The molecule has 1 aliphatic carbocycles. The predicted molar refractivity (Wildman–Crippen MR) is 151 cm³/mol. The summed E-state index contributed by atoms with van der Waals surface area (Å²) in [5.74, 6) is -1.13. The zero-order valence-corrected chi connectivity index (χ0v) is 22.5. The summed E-state index contributed by atoms with van der Waals surface area (Å²) < 4.78 is 41.4. The summed E-state index contributed by atoms with van der Waals surface area (Å²) in [6, 6.07) is 14.1. The number of halogens is 1. The molecule has 0 heterocycles. The number of benzene rings is 3. The number of nitro benzene ring substituents is 1. The summed E-state index contributed by atoms with van der Waals surface area (Å²) in [6.07, 6.45) is 5.62. The van der Waals surface area contributed by atoms with Crippen molar-refractivity contribution < 1.29 is 27.6 Å². The Morgan fingerprint density at radius 2 is 1.62 bits per heavy atom. The molecule has 10 nitrogen and oxygen atoms in total. The van der Waals surface area contributed by atoms with Gasteiger partial charge in [-0.25, -0.2) is 22.3 Å². The summed E-state index contributed by atoms with van der Waals surface area (Å²) in [6.45, 7) is 0.519. The Hall–Kier alpha value is -4.03. The van der Waals surface area contributed by atoms with Crippen LogP contribution in [0.25, 0.3) is 11.1 Å². The summed E-state index contributed by atoms with van der Waals surface area (Å²) in [7, 11) is -4.08. The van der Waals surface area contributed by atoms with Crippen molar-refractivity contribution in [2.45, 2.75) is 37.0 Å². The van der Waals surface area contributed by atoms with Crippen LogP contribution in [0.5, 0.6) is 0 Å². The van der Waals surface area contributed by atoms with Gasteiger partial charge in [-0.05, 0) is 66.3 Å². The Labute approximate surface area is 231 Å². The van der Waals surface area contributed by atoms with E-state index in [2.05, 4.69) is 15.4 Å². The van der Waals surface area contributed by atoms with Gasteiger partial charge in [0.1, 0.15) is 11.5 Å². The molecule has 3 aromatic rings. The molecule has 40 heavy (non-hydrogen) atoms. The molecule has 0 aliphatic heterocycles. The van der Waals surface area contributed by atoms with Gasteiger partial charge in [0.15, 0.2) is 0 Å². The second-order valence-corrected chi connectivity index (χ2v) is 11.5. The number of carbonyl (C=O) groups is 1. The van der Waals surface area contributed by atoms with Crippen LogP contribution in [0.1, 0.15) is 42.5 Å². The monoisotopic (exact) mass is 570 g/mol. The maximum atomic E-state index is 13.3. The molecule has 0 bridgehead atoms. The summed E-state index contributed by atoms with van der Waals surface area (Å²) in [4.78, 5) is 22.5. The van der Waals surface area contributed by atoms with E-state index < -0.39 is 26.7 Å². The Balaban J connectivity index is 1.41. The van der Waals surface area contributed by atoms with E-state index in [0.717, 1.165) is 31.7 Å². The van der Waals surface area contributed by atoms with Crippen molar-refractivity contribution >= 4 is 33.1 Å². The van der Waals surface area contributed by atoms with Gasteiger partial charge in [0.25, 0.3) is 5.69 Å². The minimum Gasteiger partial charge on any atom is -0.478 e. The minimum atomic E-state index is -4.08. The molecular weight excluding hydrogens is 539 g/mol. The van der Waals surface area contributed by atoms with Crippen LogP contribution < -0.4 is 15.4 Å². The van der Waals surface area contributed by atoms with E-state index in [1.165, 1.54) is 36.8 Å². The number of rotatable bonds is 12. The number of carboxylic acids is 1. The molecule has 4 N–H and O–H groups in total. The van der Waals surface area contributed by atoms with E-state index in [-0.39, 0.29) is 40.6 Å². The first-order valence-corrected chi connectivity index (χ1v) is 14.5. The van der Waals surface area contributed by atoms with E-state index in [1.54, 1.807) is 24.3 Å². The number of anilines is 2. The van der Waals surface area contributed by atoms with E-state index in [0.29, 0.717) is 23.6 Å². The average Bonchev–Trinajstić information content (AvgIpc) is 2.95. The van der Waals surface area contributed by atoms with Crippen molar-refractivity contribution in [3.63, 3.8) is 0 Å². The van der Waals surface area contributed by atoms with Gasteiger partial charge in [-0.2, -0.15) is 0 Å². The smallest absolute Gasteiger partial charge is 0.337 e. The third-order valence-corrected chi connectivity index (χ3v) is 8.40. The van der Waals surface area contributed by atoms with Crippen molar-refractivity contribution in [2.75, 3.05) is 30.3 Å². The third kappa shape index (κ3) is 7.33. The number of aromatic carboxylic acids is 1. The summed E-state index contributed by atoms with van der Waals surface area (Å²) in [5.41, 5.74) is 1.54. The van der Waals surface area contributed by atoms with Crippen molar-refractivity contribution in [2.24, 2.45) is 5.92 Å². The molecule has 12 heteroatoms. The molecule has 1 aliphatic rings. The molecular formula is C28H31FN4O6S. The van der Waals surface area contributed by atoms with Crippen LogP contribution in [0.3, 0.4) is 0 Å². The number of hydrogen-bond acceptors (Lipinski definition) is 7. The molecule has 3 aromatic carbocycles. The van der Waals surface area contributed by atoms with Gasteiger partial charge in [-0.3, -0.25) is 10.1 Å². The van der Waals surface area contributed by atoms with Crippen LogP contribution in [0, 0.1) is 21.8 Å². The van der Waals surface area contributed by atoms with Crippen LogP contribution in [-0.2, 0) is 10.0 Å². The van der Waals surface area contributed by atoms with Crippen LogP contribution in [0.2, 0.25) is 0 Å². The average molecular weight is 571 g/mol. The molecule has 0 saturated heterocycles. The van der Waals surface area contributed by atoms with Crippen LogP contribution in [0.15, 0.2) is 65.6 Å². The Kier molecular flexibility index (Phi) is 9.33. The Bertz CT molecular complexity index is 1470. The molecule has 0 spiro atoms. The van der Waals surface area contributed by atoms with E-state index in [9.17, 15) is 32.8 Å². The molecule has 1 saturated carbocycles. The molecule has 1 fully saturated rings. The van der Waals surface area contributed by atoms with Gasteiger partial charge >= 0.3 is 5.97 Å². The number of nitro groups is 1. The SMILES string of the molecule is O=C(O)c1ccc(-c2ccc(F)cc2)cc1NCCNS(=O)(=O)c1ccc(NCC2CCCCC2)c([N+](=O)[O-])c1. The van der Waals surface area contributed by atoms with E-state index in [1.807, 2.05) is 0 Å². The highest BCUT2D eigenvalue weighted by atomic mass is 32.2. The topological polar surface area (TPSA) is 151 Å². The number of nitrogens with one attached hydrogen (secondary N) is 3. The molecule has 212 valence electrons. The maximum Gasteiger partial charge on any atom is 0.337 e. The first kappa shape index (κ1) is 29.0. The van der Waals surface area contributed by atoms with Gasteiger partial charge in [0.05, 0.1) is 15.4 Å². The fraction of sp³-hybridized carbons (Fsp3) is 0.321. The number of nitrogens with zero attached hydrogens (tertiary/aromatic N) is 1. The van der Waals surface area contributed by atoms with Gasteiger partial charge in [0, 0.05) is 31.4 Å². The van der Waals surface area contributed by atoms with Crippen molar-refractivity contribution in [1.82, 2.24) is 4.72 Å². The third-order valence-electron chi connectivity index (χ3n) is 6.94. The lowest BCUT2D eigenvalue weighted by Crippen LogP contribution is -2.29. The second-order valence-electron chi connectivity index (χ2n) is 9.72. The minimum absolute atomic E-state index is 0.0133. The summed E-state index contributed by atoms with van der Waals surface area (Å²) in [5, 5.41) is 27.3. The number of sulfonamides is 1. The largest absolute Gasteiger partial charge is 0.478 e. The van der Waals surface area contributed by atoms with Gasteiger partial charge < -0.3 is 15.7 Å². The lowest BCUT2D eigenvalue weighted by Gasteiger charge is -2.22. The maximum absolute atomic E-state index is 13.3. The molecule has 0 atom stereocenters. The van der Waals surface area contributed by atoms with Crippen LogP contribution in [0.4, 0.5) is 21.5 Å². The van der Waals surface area contributed by atoms with Gasteiger partial charge in [-0.1, -0.05) is 37.5 Å². The van der Waals surface area contributed by atoms with E-state index in [4.69, 9.17) is 0 Å². The normalized spacial score (nSPS) is 14.0. The van der Waals surface area contributed by atoms with Crippen molar-refractivity contribution in [3.05, 3.63) is 82.2 Å². The number of carboxylic acid groups (broad SMARTS) is 1. The lowest BCUT2D eigenvalue weighted by molar-refractivity contribution is -0.384. The molecule has 4 rings (SSSR count). The highest BCUT2D eigenvalue weighted by molar-refractivity contribution is 7.89. The van der Waals surface area contributed by atoms with Gasteiger partial charge in [-0.15, -0.1) is 0 Å². The molecule has 0 aromatic heterocycles. The second kappa shape index (κ2) is 12.9. The van der Waals surface area contributed by atoms with Crippen molar-refractivity contribution in [1.29, 1.82) is 0 Å². The highest BCUT2D eigenvalue weighted by Crippen LogP contribution is 2.30. The Morgan fingerprint density at radius 3 is 2.30 bits per heavy atom. The fourth-order valence-electron chi connectivity index (χ4n) is 4.79.